The lowest BCUT2D eigenvalue weighted by Crippen LogP contribution is -2.05. The third-order valence-electron chi connectivity index (χ3n) is 1.52. The summed E-state index contributed by atoms with van der Waals surface area (Å²) in [5.74, 6) is 0. The van der Waals surface area contributed by atoms with Crippen LogP contribution in [-0.2, 0) is 11.5 Å². The van der Waals surface area contributed by atoms with Crippen molar-refractivity contribution in [3.05, 3.63) is 34.3 Å². The molecule has 1 aromatic rings. The Morgan fingerprint density at radius 1 is 1.27 bits per heavy atom. The van der Waals surface area contributed by atoms with E-state index in [4.69, 9.17) is 11.6 Å². The number of rotatable bonds is 1. The second-order valence-electron chi connectivity index (χ2n) is 2.44. The molecule has 0 amide bonds. The van der Waals surface area contributed by atoms with Crippen LogP contribution in [0.3, 0.4) is 0 Å². The zero-order valence-electron chi connectivity index (χ0n) is 8.33. The molecule has 0 radical (unpaired) electrons. The molecular formula is C10H11BrClF3. The van der Waals surface area contributed by atoms with E-state index in [1.807, 2.05) is 13.8 Å². The Labute approximate surface area is 101 Å². The molecule has 0 aromatic heterocycles. The van der Waals surface area contributed by atoms with Crippen molar-refractivity contribution in [1.29, 1.82) is 0 Å². The van der Waals surface area contributed by atoms with Gasteiger partial charge in [-0.15, -0.1) is 0 Å². The minimum atomic E-state index is -4.30. The predicted octanol–water partition coefficient (Wildman–Crippen LogP) is 5.28. The molecule has 0 nitrogen and oxygen atoms in total. The normalized spacial score (nSPS) is 10.6. The number of benzene rings is 1. The van der Waals surface area contributed by atoms with Crippen LogP contribution in [0.4, 0.5) is 13.2 Å². The average molecular weight is 304 g/mol. The van der Waals surface area contributed by atoms with E-state index < -0.39 is 11.7 Å². The Bertz CT molecular complexity index is 310. The van der Waals surface area contributed by atoms with Gasteiger partial charge in [-0.2, -0.15) is 13.2 Å². The zero-order chi connectivity index (χ0) is 12.1. The lowest BCUT2D eigenvalue weighted by Gasteiger charge is -2.08. The van der Waals surface area contributed by atoms with Crippen LogP contribution < -0.4 is 0 Å². The maximum absolute atomic E-state index is 12.2. The molecule has 86 valence electrons. The van der Waals surface area contributed by atoms with Crippen LogP contribution in [0.15, 0.2) is 18.2 Å². The van der Waals surface area contributed by atoms with E-state index in [0.29, 0.717) is 15.9 Å². The predicted molar refractivity (Wildman–Crippen MR) is 60.4 cm³/mol. The van der Waals surface area contributed by atoms with Crippen LogP contribution >= 0.6 is 27.5 Å². The maximum Gasteiger partial charge on any atom is 0.416 e. The molecular weight excluding hydrogens is 292 g/mol. The smallest absolute Gasteiger partial charge is 0.166 e. The SMILES string of the molecule is CC.FC(F)(F)c1ccc(Cl)c(CBr)c1. The van der Waals surface area contributed by atoms with Crippen molar-refractivity contribution in [3.63, 3.8) is 0 Å². The molecule has 15 heavy (non-hydrogen) atoms. The van der Waals surface area contributed by atoms with Gasteiger partial charge in [-0.3, -0.25) is 0 Å². The Kier molecular flexibility index (Phi) is 6.29. The van der Waals surface area contributed by atoms with Crippen molar-refractivity contribution in [2.45, 2.75) is 25.4 Å². The van der Waals surface area contributed by atoms with Gasteiger partial charge < -0.3 is 0 Å². The van der Waals surface area contributed by atoms with E-state index in [-0.39, 0.29) is 0 Å². The zero-order valence-corrected chi connectivity index (χ0v) is 10.7. The molecule has 0 aliphatic heterocycles. The fourth-order valence-electron chi connectivity index (χ4n) is 0.853. The summed E-state index contributed by atoms with van der Waals surface area (Å²) < 4.78 is 36.5. The van der Waals surface area contributed by atoms with E-state index in [1.54, 1.807) is 0 Å². The summed E-state index contributed by atoms with van der Waals surface area (Å²) in [7, 11) is 0. The van der Waals surface area contributed by atoms with E-state index in [2.05, 4.69) is 15.9 Å². The first-order valence-corrected chi connectivity index (χ1v) is 5.86. The molecule has 0 N–H and O–H groups in total. The monoisotopic (exact) mass is 302 g/mol. The van der Waals surface area contributed by atoms with Gasteiger partial charge in [0.15, 0.2) is 0 Å². The van der Waals surface area contributed by atoms with Crippen molar-refractivity contribution in [3.8, 4) is 0 Å². The number of alkyl halides is 4. The van der Waals surface area contributed by atoms with Gasteiger partial charge in [-0.25, -0.2) is 0 Å². The van der Waals surface area contributed by atoms with Crippen LogP contribution in [0.1, 0.15) is 25.0 Å². The molecule has 0 unspecified atom stereocenters. The van der Waals surface area contributed by atoms with Crippen LogP contribution in [0.5, 0.6) is 0 Å². The Morgan fingerprint density at radius 2 is 1.80 bits per heavy atom. The topological polar surface area (TPSA) is 0 Å². The second-order valence-corrected chi connectivity index (χ2v) is 3.41. The van der Waals surface area contributed by atoms with Crippen LogP contribution in [-0.4, -0.2) is 0 Å². The average Bonchev–Trinajstić information content (AvgIpc) is 2.20. The van der Waals surface area contributed by atoms with Gasteiger partial charge in [0.2, 0.25) is 0 Å². The highest BCUT2D eigenvalue weighted by molar-refractivity contribution is 9.08. The number of hydrogen-bond donors (Lipinski definition) is 0. The Balaban J connectivity index is 0.000000921. The van der Waals surface area contributed by atoms with Gasteiger partial charge in [-0.05, 0) is 23.8 Å². The summed E-state index contributed by atoms with van der Waals surface area (Å²) in [6, 6.07) is 3.26. The maximum atomic E-state index is 12.2. The van der Waals surface area contributed by atoms with Gasteiger partial charge in [0.1, 0.15) is 0 Å². The van der Waals surface area contributed by atoms with Gasteiger partial charge in [0.25, 0.3) is 0 Å². The lowest BCUT2D eigenvalue weighted by molar-refractivity contribution is -0.137. The van der Waals surface area contributed by atoms with Crippen LogP contribution in [0.25, 0.3) is 0 Å². The summed E-state index contributed by atoms with van der Waals surface area (Å²) in [5, 5.41) is 0.653. The third kappa shape index (κ3) is 4.43. The Hall–Kier alpha value is -0.220. The lowest BCUT2D eigenvalue weighted by atomic mass is 10.1. The van der Waals surface area contributed by atoms with E-state index >= 15 is 0 Å². The quantitative estimate of drug-likeness (QED) is 0.619. The fourth-order valence-corrected chi connectivity index (χ4v) is 1.66. The minimum absolute atomic E-state index is 0.315. The standard InChI is InChI=1S/C8H5BrClF3.C2H6/c9-4-5-3-6(8(11,12)13)1-2-7(5)10;1-2/h1-3H,4H2;1-2H3. The molecule has 0 bridgehead atoms. The Morgan fingerprint density at radius 3 is 2.20 bits per heavy atom. The van der Waals surface area contributed by atoms with Crippen LogP contribution in [0.2, 0.25) is 5.02 Å². The number of hydrogen-bond acceptors (Lipinski definition) is 0. The molecule has 5 heteroatoms. The summed E-state index contributed by atoms with van der Waals surface area (Å²) >= 11 is 8.71. The van der Waals surface area contributed by atoms with E-state index in [1.165, 1.54) is 6.07 Å². The summed E-state index contributed by atoms with van der Waals surface area (Å²) in [5.41, 5.74) is -0.233. The van der Waals surface area contributed by atoms with Gasteiger partial charge in [0.05, 0.1) is 5.56 Å². The van der Waals surface area contributed by atoms with Gasteiger partial charge >= 0.3 is 6.18 Å². The first-order chi connectivity index (χ1) is 6.95. The van der Waals surface area contributed by atoms with Crippen molar-refractivity contribution >= 4 is 27.5 Å². The highest BCUT2D eigenvalue weighted by Crippen LogP contribution is 2.32. The molecule has 0 saturated heterocycles. The van der Waals surface area contributed by atoms with E-state index in [9.17, 15) is 13.2 Å². The molecule has 0 aliphatic carbocycles. The van der Waals surface area contributed by atoms with Crippen molar-refractivity contribution in [2.75, 3.05) is 0 Å². The largest absolute Gasteiger partial charge is 0.416 e. The first-order valence-electron chi connectivity index (χ1n) is 4.36. The third-order valence-corrected chi connectivity index (χ3v) is 2.49. The van der Waals surface area contributed by atoms with Crippen molar-refractivity contribution in [2.24, 2.45) is 0 Å². The van der Waals surface area contributed by atoms with Crippen molar-refractivity contribution in [1.82, 2.24) is 0 Å². The minimum Gasteiger partial charge on any atom is -0.166 e. The molecule has 0 fully saturated rings. The molecule has 0 heterocycles. The number of halogens is 5. The van der Waals surface area contributed by atoms with Crippen molar-refractivity contribution < 1.29 is 13.2 Å². The molecule has 1 rings (SSSR count). The molecule has 0 atom stereocenters. The first kappa shape index (κ1) is 14.8. The second kappa shape index (κ2) is 6.38. The molecule has 0 aliphatic rings. The van der Waals surface area contributed by atoms with Gasteiger partial charge in [0, 0.05) is 10.4 Å². The van der Waals surface area contributed by atoms with Crippen LogP contribution in [0, 0.1) is 0 Å². The fraction of sp³-hybridized carbons (Fsp3) is 0.400. The van der Waals surface area contributed by atoms with Gasteiger partial charge in [-0.1, -0.05) is 41.4 Å². The highest BCUT2D eigenvalue weighted by Gasteiger charge is 2.30. The molecule has 0 saturated carbocycles. The summed E-state index contributed by atoms with van der Waals surface area (Å²) in [6.45, 7) is 4.00. The summed E-state index contributed by atoms with van der Waals surface area (Å²) in [6.07, 6.45) is -4.30. The molecule has 0 spiro atoms. The highest BCUT2D eigenvalue weighted by atomic mass is 79.9. The molecule has 1 aromatic carbocycles. The van der Waals surface area contributed by atoms with E-state index in [0.717, 1.165) is 12.1 Å². The summed E-state index contributed by atoms with van der Waals surface area (Å²) in [4.78, 5) is 0.